The fraction of sp³-hybridized carbons (Fsp3) is 0.375. The molecule has 1 unspecified atom stereocenters. The first-order chi connectivity index (χ1) is 8.86. The predicted octanol–water partition coefficient (Wildman–Crippen LogP) is 3.27. The lowest BCUT2D eigenvalue weighted by Gasteiger charge is -2.16. The summed E-state index contributed by atoms with van der Waals surface area (Å²) in [5, 5.41) is 3.39. The monoisotopic (exact) mass is 241 g/mol. The van der Waals surface area contributed by atoms with E-state index in [2.05, 4.69) is 23.5 Å². The van der Waals surface area contributed by atoms with E-state index in [1.54, 1.807) is 6.26 Å². The minimum atomic E-state index is 0.335. The number of furan rings is 1. The van der Waals surface area contributed by atoms with E-state index in [0.29, 0.717) is 6.04 Å². The molecule has 0 saturated carbocycles. The summed E-state index contributed by atoms with van der Waals surface area (Å²) in [6, 6.07) is 11.2. The Labute approximate surface area is 108 Å². The third kappa shape index (κ3) is 2.21. The quantitative estimate of drug-likeness (QED) is 0.888. The van der Waals surface area contributed by atoms with Crippen molar-refractivity contribution in [2.45, 2.75) is 31.7 Å². The van der Waals surface area contributed by atoms with Gasteiger partial charge >= 0.3 is 0 Å². The lowest BCUT2D eigenvalue weighted by Crippen LogP contribution is -2.18. The number of rotatable bonds is 4. The van der Waals surface area contributed by atoms with Crippen LogP contribution < -0.4 is 5.32 Å². The van der Waals surface area contributed by atoms with Gasteiger partial charge < -0.3 is 9.73 Å². The van der Waals surface area contributed by atoms with Crippen LogP contribution in [0.4, 0.5) is 0 Å². The van der Waals surface area contributed by atoms with Gasteiger partial charge in [-0.25, -0.2) is 0 Å². The van der Waals surface area contributed by atoms with Crippen molar-refractivity contribution in [2.24, 2.45) is 0 Å². The van der Waals surface area contributed by atoms with E-state index in [1.807, 2.05) is 19.2 Å². The van der Waals surface area contributed by atoms with Crippen molar-refractivity contribution in [3.05, 3.63) is 59.0 Å². The van der Waals surface area contributed by atoms with E-state index in [4.69, 9.17) is 4.42 Å². The summed E-state index contributed by atoms with van der Waals surface area (Å²) in [7, 11) is 2.01. The van der Waals surface area contributed by atoms with Gasteiger partial charge in [-0.3, -0.25) is 0 Å². The number of aryl methyl sites for hydroxylation is 2. The minimum absolute atomic E-state index is 0.335. The fourth-order valence-corrected chi connectivity index (χ4v) is 2.82. The number of fused-ring (bicyclic) bond motifs is 1. The lowest BCUT2D eigenvalue weighted by atomic mass is 9.98. The Morgan fingerprint density at radius 2 is 2.11 bits per heavy atom. The van der Waals surface area contributed by atoms with E-state index in [-0.39, 0.29) is 0 Å². The molecule has 0 aliphatic heterocycles. The summed E-state index contributed by atoms with van der Waals surface area (Å²) in [6.07, 6.45) is 6.44. The number of hydrogen-bond acceptors (Lipinski definition) is 2. The van der Waals surface area contributed by atoms with Crippen LogP contribution in [-0.2, 0) is 19.3 Å². The van der Waals surface area contributed by atoms with Crippen molar-refractivity contribution in [3.63, 3.8) is 0 Å². The largest absolute Gasteiger partial charge is 0.469 e. The van der Waals surface area contributed by atoms with Crippen molar-refractivity contribution in [2.75, 3.05) is 7.05 Å². The third-order valence-corrected chi connectivity index (χ3v) is 3.86. The van der Waals surface area contributed by atoms with Crippen molar-refractivity contribution in [1.82, 2.24) is 5.32 Å². The summed E-state index contributed by atoms with van der Waals surface area (Å²) >= 11 is 0. The molecule has 2 heteroatoms. The molecule has 1 aliphatic rings. The molecule has 1 heterocycles. The van der Waals surface area contributed by atoms with Gasteiger partial charge in [0.15, 0.2) is 0 Å². The van der Waals surface area contributed by atoms with E-state index in [9.17, 15) is 0 Å². The molecule has 94 valence electrons. The predicted molar refractivity (Wildman–Crippen MR) is 72.7 cm³/mol. The molecular weight excluding hydrogens is 222 g/mol. The van der Waals surface area contributed by atoms with Crippen molar-refractivity contribution in [3.8, 4) is 0 Å². The minimum Gasteiger partial charge on any atom is -0.469 e. The molecule has 0 radical (unpaired) electrons. The van der Waals surface area contributed by atoms with Gasteiger partial charge in [-0.2, -0.15) is 0 Å². The zero-order chi connectivity index (χ0) is 12.4. The van der Waals surface area contributed by atoms with E-state index in [1.165, 1.54) is 36.0 Å². The molecule has 0 amide bonds. The van der Waals surface area contributed by atoms with Gasteiger partial charge in [0.1, 0.15) is 5.76 Å². The van der Waals surface area contributed by atoms with Crippen molar-refractivity contribution < 1.29 is 4.42 Å². The molecule has 1 atom stereocenters. The first-order valence-corrected chi connectivity index (χ1v) is 6.68. The van der Waals surface area contributed by atoms with Crippen LogP contribution in [0.3, 0.4) is 0 Å². The molecule has 2 aromatic rings. The second kappa shape index (κ2) is 4.99. The van der Waals surface area contributed by atoms with Crippen molar-refractivity contribution in [1.29, 1.82) is 0 Å². The molecule has 1 N–H and O–H groups in total. The van der Waals surface area contributed by atoms with Crippen LogP contribution >= 0.6 is 0 Å². The maximum Gasteiger partial charge on any atom is 0.105 e. The first kappa shape index (κ1) is 11.5. The van der Waals surface area contributed by atoms with Crippen LogP contribution in [0.25, 0.3) is 0 Å². The number of hydrogen-bond donors (Lipinski definition) is 1. The number of benzene rings is 1. The van der Waals surface area contributed by atoms with Crippen LogP contribution in [0.5, 0.6) is 0 Å². The highest BCUT2D eigenvalue weighted by Crippen LogP contribution is 2.26. The molecule has 0 fully saturated rings. The molecular formula is C16H19NO. The van der Waals surface area contributed by atoms with Crippen LogP contribution in [-0.4, -0.2) is 7.05 Å². The van der Waals surface area contributed by atoms with Crippen LogP contribution in [0.2, 0.25) is 0 Å². The Bertz CT molecular complexity index is 516. The maximum absolute atomic E-state index is 5.44. The van der Waals surface area contributed by atoms with E-state index in [0.717, 1.165) is 12.2 Å². The second-order valence-electron chi connectivity index (χ2n) is 5.01. The van der Waals surface area contributed by atoms with Gasteiger partial charge in [0.05, 0.1) is 6.26 Å². The average Bonchev–Trinajstić information content (AvgIpc) is 3.06. The maximum atomic E-state index is 5.44. The molecule has 18 heavy (non-hydrogen) atoms. The average molecular weight is 241 g/mol. The van der Waals surface area contributed by atoms with Gasteiger partial charge in [-0.1, -0.05) is 18.2 Å². The molecule has 2 nitrogen and oxygen atoms in total. The summed E-state index contributed by atoms with van der Waals surface area (Å²) in [4.78, 5) is 0. The SMILES string of the molecule is CNC(Cc1ccco1)c1ccc2c(c1)CCC2. The second-order valence-corrected chi connectivity index (χ2v) is 5.01. The first-order valence-electron chi connectivity index (χ1n) is 6.68. The Morgan fingerprint density at radius 3 is 2.89 bits per heavy atom. The zero-order valence-corrected chi connectivity index (χ0v) is 10.8. The molecule has 0 spiro atoms. The highest BCUT2D eigenvalue weighted by Gasteiger charge is 2.16. The molecule has 1 aromatic carbocycles. The summed E-state index contributed by atoms with van der Waals surface area (Å²) in [5.41, 5.74) is 4.44. The molecule has 1 aliphatic carbocycles. The van der Waals surface area contributed by atoms with Crippen LogP contribution in [0.1, 0.15) is 34.9 Å². The van der Waals surface area contributed by atoms with Gasteiger partial charge in [0, 0.05) is 12.5 Å². The summed E-state index contributed by atoms with van der Waals surface area (Å²) in [5.74, 6) is 1.04. The summed E-state index contributed by atoms with van der Waals surface area (Å²) in [6.45, 7) is 0. The lowest BCUT2D eigenvalue weighted by molar-refractivity contribution is 0.466. The molecule has 3 rings (SSSR count). The molecule has 1 aromatic heterocycles. The molecule has 0 saturated heterocycles. The normalized spacial score (nSPS) is 15.6. The van der Waals surface area contributed by atoms with Gasteiger partial charge in [-0.15, -0.1) is 0 Å². The Kier molecular flexibility index (Phi) is 3.20. The van der Waals surface area contributed by atoms with Gasteiger partial charge in [-0.05, 0) is 55.1 Å². The van der Waals surface area contributed by atoms with Gasteiger partial charge in [0.25, 0.3) is 0 Å². The number of nitrogens with one attached hydrogen (secondary N) is 1. The highest BCUT2D eigenvalue weighted by atomic mass is 16.3. The standard InChI is InChI=1S/C16H19NO/c1-17-16(11-15-6-3-9-18-15)14-8-7-12-4-2-5-13(12)10-14/h3,6-10,16-17H,2,4-5,11H2,1H3. The van der Waals surface area contributed by atoms with E-state index >= 15 is 0 Å². The topological polar surface area (TPSA) is 25.2 Å². The zero-order valence-electron chi connectivity index (χ0n) is 10.8. The van der Waals surface area contributed by atoms with Crippen LogP contribution in [0, 0.1) is 0 Å². The summed E-state index contributed by atoms with van der Waals surface area (Å²) < 4.78 is 5.44. The Morgan fingerprint density at radius 1 is 1.22 bits per heavy atom. The van der Waals surface area contributed by atoms with Crippen molar-refractivity contribution >= 4 is 0 Å². The Balaban J connectivity index is 1.83. The molecule has 0 bridgehead atoms. The fourth-order valence-electron chi connectivity index (χ4n) is 2.82. The number of likely N-dealkylation sites (N-methyl/N-ethyl adjacent to an activating group) is 1. The Hall–Kier alpha value is -1.54. The third-order valence-electron chi connectivity index (χ3n) is 3.86. The van der Waals surface area contributed by atoms with Crippen LogP contribution in [0.15, 0.2) is 41.0 Å². The van der Waals surface area contributed by atoms with E-state index < -0.39 is 0 Å². The smallest absolute Gasteiger partial charge is 0.105 e. The highest BCUT2D eigenvalue weighted by molar-refractivity contribution is 5.36. The van der Waals surface area contributed by atoms with Gasteiger partial charge in [0.2, 0.25) is 0 Å².